The van der Waals surface area contributed by atoms with E-state index in [1.165, 1.54) is 12.5 Å². The number of hydrogen-bond donors (Lipinski definition) is 0. The summed E-state index contributed by atoms with van der Waals surface area (Å²) in [5.41, 5.74) is 6.78. The highest BCUT2D eigenvalue weighted by Crippen LogP contribution is 2.33. The molecule has 0 bridgehead atoms. The van der Waals surface area contributed by atoms with Crippen molar-refractivity contribution in [3.05, 3.63) is 70.1 Å². The molecule has 0 saturated carbocycles. The van der Waals surface area contributed by atoms with E-state index in [2.05, 4.69) is 12.3 Å². The number of thiophene rings is 1. The van der Waals surface area contributed by atoms with E-state index in [1.54, 1.807) is 11.3 Å². The van der Waals surface area contributed by atoms with Gasteiger partial charge in [-0.25, -0.2) is 0 Å². The van der Waals surface area contributed by atoms with Crippen LogP contribution in [0.5, 0.6) is 0 Å². The summed E-state index contributed by atoms with van der Waals surface area (Å²) in [7, 11) is 0. The van der Waals surface area contributed by atoms with Crippen LogP contribution in [-0.2, 0) is 9.53 Å². The Morgan fingerprint density at radius 1 is 1.30 bits per heavy atom. The van der Waals surface area contributed by atoms with E-state index in [9.17, 15) is 4.79 Å². The monoisotopic (exact) mass is 284 g/mol. The molecule has 0 radical (unpaired) electrons. The van der Waals surface area contributed by atoms with Gasteiger partial charge < -0.3 is 4.74 Å². The normalized spacial score (nSPS) is 11.5. The summed E-state index contributed by atoms with van der Waals surface area (Å²) < 4.78 is 5.46. The smallest absolute Gasteiger partial charge is 0.303 e. The highest BCUT2D eigenvalue weighted by Gasteiger charge is 2.21. The summed E-state index contributed by atoms with van der Waals surface area (Å²) >= 11 is 1.57. The van der Waals surface area contributed by atoms with E-state index in [4.69, 9.17) is 4.74 Å². The molecule has 1 unspecified atom stereocenters. The molecule has 1 aromatic carbocycles. The number of esters is 1. The van der Waals surface area contributed by atoms with Gasteiger partial charge in [-0.1, -0.05) is 36.4 Å². The Morgan fingerprint density at radius 3 is 2.50 bits per heavy atom. The predicted molar refractivity (Wildman–Crippen MR) is 82.6 cm³/mol. The van der Waals surface area contributed by atoms with Gasteiger partial charge in [-0.15, -0.1) is 5.73 Å². The first kappa shape index (κ1) is 14.3. The number of carbonyl (C=O) groups excluding carboxylic acids is 1. The van der Waals surface area contributed by atoms with E-state index in [-0.39, 0.29) is 5.97 Å². The Morgan fingerprint density at radius 2 is 2.00 bits per heavy atom. The van der Waals surface area contributed by atoms with Gasteiger partial charge in [-0.3, -0.25) is 4.79 Å². The zero-order chi connectivity index (χ0) is 14.5. The molecule has 0 aliphatic rings. The molecule has 0 aliphatic heterocycles. The summed E-state index contributed by atoms with van der Waals surface area (Å²) in [6, 6.07) is 9.97. The van der Waals surface area contributed by atoms with Gasteiger partial charge in [0.2, 0.25) is 0 Å². The maximum atomic E-state index is 11.4. The van der Waals surface area contributed by atoms with Crippen molar-refractivity contribution in [3.8, 4) is 0 Å². The van der Waals surface area contributed by atoms with Crippen LogP contribution in [0.4, 0.5) is 0 Å². The molecule has 0 saturated heterocycles. The van der Waals surface area contributed by atoms with E-state index in [0.717, 1.165) is 16.7 Å². The zero-order valence-electron chi connectivity index (χ0n) is 11.6. The Hall–Kier alpha value is -2.09. The summed E-state index contributed by atoms with van der Waals surface area (Å²) in [6.45, 7) is 7.19. The Labute approximate surface area is 123 Å². The van der Waals surface area contributed by atoms with Crippen molar-refractivity contribution >= 4 is 22.9 Å². The molecule has 0 amide bonds. The summed E-state index contributed by atoms with van der Waals surface area (Å²) in [6.07, 6.45) is -0.459. The molecule has 102 valence electrons. The molecule has 1 heterocycles. The van der Waals surface area contributed by atoms with Crippen LogP contribution in [0.15, 0.2) is 53.4 Å². The third-order valence-corrected chi connectivity index (χ3v) is 3.65. The highest BCUT2D eigenvalue weighted by atomic mass is 32.1. The molecule has 3 heteroatoms. The second kappa shape index (κ2) is 6.38. The lowest BCUT2D eigenvalue weighted by Gasteiger charge is -2.18. The first-order valence-electron chi connectivity index (χ1n) is 6.28. The van der Waals surface area contributed by atoms with E-state index >= 15 is 0 Å². The molecule has 1 aromatic heterocycles. The topological polar surface area (TPSA) is 26.3 Å². The number of ether oxygens (including phenoxy) is 1. The minimum absolute atomic E-state index is 0.318. The Kier molecular flexibility index (Phi) is 4.57. The molecule has 0 aliphatic carbocycles. The lowest BCUT2D eigenvalue weighted by Crippen LogP contribution is -2.09. The second-order valence-electron chi connectivity index (χ2n) is 4.50. The van der Waals surface area contributed by atoms with Crippen LogP contribution in [0.25, 0.3) is 5.57 Å². The lowest BCUT2D eigenvalue weighted by molar-refractivity contribution is -0.144. The predicted octanol–water partition coefficient (Wildman–Crippen LogP) is 4.53. The second-order valence-corrected chi connectivity index (χ2v) is 5.28. The fourth-order valence-corrected chi connectivity index (χ4v) is 2.64. The number of aryl methyl sites for hydroxylation is 1. The molecule has 2 aromatic rings. The average Bonchev–Trinajstić information content (AvgIpc) is 2.94. The van der Waals surface area contributed by atoms with Crippen LogP contribution in [0, 0.1) is 6.92 Å². The van der Waals surface area contributed by atoms with Crippen molar-refractivity contribution in [2.24, 2.45) is 0 Å². The first-order chi connectivity index (χ1) is 9.61. The van der Waals surface area contributed by atoms with Crippen LogP contribution in [0.3, 0.4) is 0 Å². The molecule has 1 atom stereocenters. The van der Waals surface area contributed by atoms with Gasteiger partial charge in [0.1, 0.15) is 0 Å². The van der Waals surface area contributed by atoms with Crippen molar-refractivity contribution in [3.63, 3.8) is 0 Å². The molecular formula is C17H16O2S. The SMILES string of the molecule is C=C=C(c1ccc(C)cc1)C(OC(C)=O)c1ccsc1. The lowest BCUT2D eigenvalue weighted by atomic mass is 9.97. The zero-order valence-corrected chi connectivity index (χ0v) is 12.4. The first-order valence-corrected chi connectivity index (χ1v) is 7.22. The molecule has 0 N–H and O–H groups in total. The van der Waals surface area contributed by atoms with Crippen molar-refractivity contribution in [1.82, 2.24) is 0 Å². The molecule has 2 rings (SSSR count). The highest BCUT2D eigenvalue weighted by molar-refractivity contribution is 7.08. The average molecular weight is 284 g/mol. The third kappa shape index (κ3) is 3.27. The molecule has 20 heavy (non-hydrogen) atoms. The fourth-order valence-electron chi connectivity index (χ4n) is 1.96. The van der Waals surface area contributed by atoms with E-state index < -0.39 is 6.10 Å². The fraction of sp³-hybridized carbons (Fsp3) is 0.176. The van der Waals surface area contributed by atoms with E-state index in [0.29, 0.717) is 0 Å². The van der Waals surface area contributed by atoms with Crippen LogP contribution < -0.4 is 0 Å². The molecule has 0 spiro atoms. The Bertz CT molecular complexity index is 632. The maximum absolute atomic E-state index is 11.4. The van der Waals surface area contributed by atoms with Gasteiger partial charge in [0.15, 0.2) is 6.10 Å². The third-order valence-electron chi connectivity index (χ3n) is 2.94. The molecule has 0 fully saturated rings. The number of carbonyl (C=O) groups is 1. The number of hydrogen-bond acceptors (Lipinski definition) is 3. The minimum atomic E-state index is -0.459. The maximum Gasteiger partial charge on any atom is 0.303 e. The molecule has 2 nitrogen and oxygen atoms in total. The largest absolute Gasteiger partial charge is 0.452 e. The van der Waals surface area contributed by atoms with Gasteiger partial charge in [0.05, 0.1) is 0 Å². The minimum Gasteiger partial charge on any atom is -0.452 e. The van der Waals surface area contributed by atoms with Crippen LogP contribution in [-0.4, -0.2) is 5.97 Å². The van der Waals surface area contributed by atoms with Gasteiger partial charge in [-0.05, 0) is 29.3 Å². The van der Waals surface area contributed by atoms with Crippen LogP contribution >= 0.6 is 11.3 Å². The van der Waals surface area contributed by atoms with Gasteiger partial charge >= 0.3 is 5.97 Å². The quantitative estimate of drug-likeness (QED) is 0.609. The summed E-state index contributed by atoms with van der Waals surface area (Å²) in [5.74, 6) is -0.318. The Balaban J connectivity index is 2.42. The van der Waals surface area contributed by atoms with Crippen LogP contribution in [0.1, 0.15) is 29.7 Å². The van der Waals surface area contributed by atoms with Crippen LogP contribution in [0.2, 0.25) is 0 Å². The van der Waals surface area contributed by atoms with Gasteiger partial charge in [0.25, 0.3) is 0 Å². The summed E-state index contributed by atoms with van der Waals surface area (Å²) in [5, 5.41) is 3.93. The van der Waals surface area contributed by atoms with Crippen molar-refractivity contribution in [2.45, 2.75) is 20.0 Å². The molecular weight excluding hydrogens is 268 g/mol. The number of benzene rings is 1. The van der Waals surface area contributed by atoms with Crippen molar-refractivity contribution in [1.29, 1.82) is 0 Å². The van der Waals surface area contributed by atoms with Crippen molar-refractivity contribution < 1.29 is 9.53 Å². The summed E-state index contributed by atoms with van der Waals surface area (Å²) in [4.78, 5) is 11.4. The van der Waals surface area contributed by atoms with Gasteiger partial charge in [0, 0.05) is 18.1 Å². The number of rotatable bonds is 4. The van der Waals surface area contributed by atoms with E-state index in [1.807, 2.05) is 48.0 Å². The van der Waals surface area contributed by atoms with Crippen molar-refractivity contribution in [2.75, 3.05) is 0 Å². The van der Waals surface area contributed by atoms with Gasteiger partial charge in [-0.2, -0.15) is 11.3 Å². The standard InChI is InChI=1S/C17H16O2S/c1-4-16(14-7-5-12(2)6-8-14)17(19-13(3)18)15-9-10-20-11-15/h5-11,17H,1H2,2-3H3.